The van der Waals surface area contributed by atoms with E-state index in [1.54, 1.807) is 0 Å². The van der Waals surface area contributed by atoms with Crippen molar-refractivity contribution < 1.29 is 4.79 Å². The highest BCUT2D eigenvalue weighted by Crippen LogP contribution is 2.28. The van der Waals surface area contributed by atoms with Gasteiger partial charge in [-0.25, -0.2) is 0 Å². The second-order valence-corrected chi connectivity index (χ2v) is 2.69. The molecule has 0 aromatic rings. The maximum absolute atomic E-state index is 10.8. The van der Waals surface area contributed by atoms with Crippen molar-refractivity contribution in [2.45, 2.75) is 18.9 Å². The largest absolute Gasteiger partial charge is 0.387 e. The summed E-state index contributed by atoms with van der Waals surface area (Å²) in [5.41, 5.74) is 0. The fourth-order valence-corrected chi connectivity index (χ4v) is 1.45. The predicted octanol–water partition coefficient (Wildman–Crippen LogP) is 0.451. The quantitative estimate of drug-likeness (QED) is 0.506. The molecule has 2 unspecified atom stereocenters. The van der Waals surface area contributed by atoms with Crippen molar-refractivity contribution in [2.75, 3.05) is 0 Å². The topological polar surface area (TPSA) is 29.1 Å². The number of ketones is 1. The minimum absolute atomic E-state index is 0.315. The average molecular weight is 123 g/mol. The molecule has 0 spiro atoms. The molecule has 2 nitrogen and oxygen atoms in total. The van der Waals surface area contributed by atoms with Gasteiger partial charge in [0, 0.05) is 18.4 Å². The highest BCUT2D eigenvalue weighted by atomic mass is 16.1. The van der Waals surface area contributed by atoms with Crippen molar-refractivity contribution in [1.82, 2.24) is 5.32 Å². The Labute approximate surface area is 53.9 Å². The maximum Gasteiger partial charge on any atom is 0.140 e. The first-order valence-electron chi connectivity index (χ1n) is 3.32. The molecule has 0 amide bonds. The van der Waals surface area contributed by atoms with E-state index in [1.165, 1.54) is 0 Å². The molecule has 1 aliphatic carbocycles. The third kappa shape index (κ3) is 0.590. The van der Waals surface area contributed by atoms with Crippen molar-refractivity contribution in [3.8, 4) is 0 Å². The fourth-order valence-electron chi connectivity index (χ4n) is 1.45. The number of fused-ring (bicyclic) bond motifs is 1. The second kappa shape index (κ2) is 1.59. The van der Waals surface area contributed by atoms with Gasteiger partial charge in [0.25, 0.3) is 0 Å². The van der Waals surface area contributed by atoms with Gasteiger partial charge in [-0.1, -0.05) is 6.08 Å². The van der Waals surface area contributed by atoms with Crippen LogP contribution in [-0.2, 0) is 4.79 Å². The van der Waals surface area contributed by atoms with E-state index in [1.807, 2.05) is 12.3 Å². The first-order valence-corrected chi connectivity index (χ1v) is 3.32. The Bertz CT molecular complexity index is 174. The molecule has 1 fully saturated rings. The van der Waals surface area contributed by atoms with Crippen LogP contribution in [-0.4, -0.2) is 11.8 Å². The lowest BCUT2D eigenvalue weighted by molar-refractivity contribution is -0.131. The molecular formula is C7H9NO. The van der Waals surface area contributed by atoms with Crippen LogP contribution in [0.2, 0.25) is 0 Å². The molecule has 48 valence electrons. The predicted molar refractivity (Wildman–Crippen MR) is 33.8 cm³/mol. The highest BCUT2D eigenvalue weighted by molar-refractivity contribution is 5.89. The van der Waals surface area contributed by atoms with Crippen LogP contribution in [0.5, 0.6) is 0 Å². The average Bonchev–Trinajstić information content (AvgIpc) is 1.86. The molecule has 2 heteroatoms. The van der Waals surface area contributed by atoms with E-state index < -0.39 is 0 Å². The smallest absolute Gasteiger partial charge is 0.140 e. The van der Waals surface area contributed by atoms with Crippen LogP contribution in [0.25, 0.3) is 0 Å². The van der Waals surface area contributed by atoms with Crippen LogP contribution in [0.4, 0.5) is 0 Å². The molecule has 1 aliphatic heterocycles. The Morgan fingerprint density at radius 3 is 3.11 bits per heavy atom. The molecule has 0 aromatic carbocycles. The molecule has 1 heterocycles. The third-order valence-electron chi connectivity index (χ3n) is 2.14. The molecule has 9 heavy (non-hydrogen) atoms. The molecule has 2 aliphatic rings. The van der Waals surface area contributed by atoms with E-state index in [2.05, 4.69) is 5.32 Å². The lowest BCUT2D eigenvalue weighted by Crippen LogP contribution is -2.50. The van der Waals surface area contributed by atoms with Crippen LogP contribution < -0.4 is 5.32 Å². The summed E-state index contributed by atoms with van der Waals surface area (Å²) in [6, 6.07) is 0.475. The molecule has 1 N–H and O–H groups in total. The van der Waals surface area contributed by atoms with E-state index in [-0.39, 0.29) is 0 Å². The van der Waals surface area contributed by atoms with Gasteiger partial charge in [0.15, 0.2) is 0 Å². The molecule has 0 bridgehead atoms. The van der Waals surface area contributed by atoms with Gasteiger partial charge in [-0.2, -0.15) is 0 Å². The first kappa shape index (κ1) is 5.03. The van der Waals surface area contributed by atoms with Crippen LogP contribution in [0.15, 0.2) is 12.3 Å². The summed E-state index contributed by atoms with van der Waals surface area (Å²) in [6.07, 6.45) is 5.68. The van der Waals surface area contributed by atoms with Gasteiger partial charge >= 0.3 is 0 Å². The summed E-state index contributed by atoms with van der Waals surface area (Å²) in [4.78, 5) is 10.8. The standard InChI is InChI=1S/C7H9NO/c9-7-4-6-5(7)2-1-3-8-6/h1,3,5-6,8H,2,4H2. The summed E-state index contributed by atoms with van der Waals surface area (Å²) in [6.45, 7) is 0. The van der Waals surface area contributed by atoms with E-state index in [4.69, 9.17) is 0 Å². The summed E-state index contributed by atoms with van der Waals surface area (Å²) in [7, 11) is 0. The minimum Gasteiger partial charge on any atom is -0.387 e. The van der Waals surface area contributed by atoms with Crippen LogP contribution >= 0.6 is 0 Å². The lowest BCUT2D eigenvalue weighted by Gasteiger charge is -2.36. The van der Waals surface area contributed by atoms with Crippen LogP contribution in [0, 0.1) is 5.92 Å². The SMILES string of the molecule is O=C1CC2NC=CCC12. The zero-order valence-electron chi connectivity index (χ0n) is 5.13. The van der Waals surface area contributed by atoms with Gasteiger partial charge < -0.3 is 5.32 Å². The normalized spacial score (nSPS) is 38.9. The maximum atomic E-state index is 10.8. The molecule has 0 aromatic heterocycles. The zero-order chi connectivity index (χ0) is 6.27. The Morgan fingerprint density at radius 2 is 2.56 bits per heavy atom. The van der Waals surface area contributed by atoms with Crippen LogP contribution in [0.3, 0.4) is 0 Å². The van der Waals surface area contributed by atoms with E-state index in [0.29, 0.717) is 17.7 Å². The summed E-state index contributed by atoms with van der Waals surface area (Å²) in [5.74, 6) is 0.742. The van der Waals surface area contributed by atoms with Gasteiger partial charge in [-0.15, -0.1) is 0 Å². The van der Waals surface area contributed by atoms with Crippen molar-refractivity contribution >= 4 is 5.78 Å². The van der Waals surface area contributed by atoms with Crippen molar-refractivity contribution in [2.24, 2.45) is 5.92 Å². The van der Waals surface area contributed by atoms with E-state index in [0.717, 1.165) is 12.8 Å². The van der Waals surface area contributed by atoms with Crippen molar-refractivity contribution in [1.29, 1.82) is 0 Å². The number of hydrogen-bond acceptors (Lipinski definition) is 2. The van der Waals surface area contributed by atoms with Gasteiger partial charge in [0.2, 0.25) is 0 Å². The Morgan fingerprint density at radius 1 is 1.67 bits per heavy atom. The summed E-state index contributed by atoms with van der Waals surface area (Å²) >= 11 is 0. The molecule has 0 saturated heterocycles. The summed E-state index contributed by atoms with van der Waals surface area (Å²) < 4.78 is 0. The number of allylic oxidation sites excluding steroid dienone is 1. The number of nitrogens with one attached hydrogen (secondary N) is 1. The molecule has 2 rings (SSSR count). The third-order valence-corrected chi connectivity index (χ3v) is 2.14. The molecular weight excluding hydrogens is 114 g/mol. The number of Topliss-reactive ketones (excluding diaryl/α,β-unsaturated/α-hetero) is 1. The number of hydrogen-bond donors (Lipinski definition) is 1. The summed E-state index contributed by atoms with van der Waals surface area (Å²) in [5, 5.41) is 3.15. The Balaban J connectivity index is 2.12. The Kier molecular flexibility index (Phi) is 0.891. The monoisotopic (exact) mass is 123 g/mol. The van der Waals surface area contributed by atoms with Crippen molar-refractivity contribution in [3.63, 3.8) is 0 Å². The lowest BCUT2D eigenvalue weighted by atomic mass is 9.75. The van der Waals surface area contributed by atoms with Crippen LogP contribution in [0.1, 0.15) is 12.8 Å². The van der Waals surface area contributed by atoms with Gasteiger partial charge in [0.05, 0.1) is 0 Å². The highest BCUT2D eigenvalue weighted by Gasteiger charge is 2.39. The molecule has 0 radical (unpaired) electrons. The minimum atomic E-state index is 0.315. The van der Waals surface area contributed by atoms with E-state index >= 15 is 0 Å². The zero-order valence-corrected chi connectivity index (χ0v) is 5.13. The van der Waals surface area contributed by atoms with Gasteiger partial charge in [-0.05, 0) is 12.6 Å². The number of carbonyl (C=O) groups is 1. The number of carbonyl (C=O) groups excluding carboxylic acids is 1. The molecule has 2 atom stereocenters. The van der Waals surface area contributed by atoms with Crippen molar-refractivity contribution in [3.05, 3.63) is 12.3 Å². The second-order valence-electron chi connectivity index (χ2n) is 2.69. The van der Waals surface area contributed by atoms with Gasteiger partial charge in [0.1, 0.15) is 5.78 Å². The molecule has 1 saturated carbocycles. The fraction of sp³-hybridized carbons (Fsp3) is 0.571. The van der Waals surface area contributed by atoms with Gasteiger partial charge in [-0.3, -0.25) is 4.79 Å². The Hall–Kier alpha value is -0.790. The number of rotatable bonds is 0. The first-order chi connectivity index (χ1) is 4.38. The van der Waals surface area contributed by atoms with E-state index in [9.17, 15) is 4.79 Å².